The molecule has 0 fully saturated rings. The molecule has 188 valence electrons. The number of phenolic OH excluding ortho intramolecular Hbond substituents is 1. The van der Waals surface area contributed by atoms with Gasteiger partial charge in [-0.05, 0) is 59.4 Å². The van der Waals surface area contributed by atoms with Crippen molar-refractivity contribution >= 4 is 26.5 Å². The van der Waals surface area contributed by atoms with Crippen LogP contribution in [0.1, 0.15) is 24.6 Å². The fraction of sp³-hybridized carbons (Fsp3) is 0.308. The standard InChI is InChI=1S/C26H30N6O3S/c1-3-17-14-20(33)5-7-21(17)19-4-6-22-23(15-19)30-31-25(22)26-27-16-24(29-26)18-8-11-32(12-9-18)13-10-28-36(2,34)35/h4-8,14-16,28,33H,3,9-13H2,1-2H3,(H,27,29)(H,30,31). The van der Waals surface area contributed by atoms with Crippen LogP contribution in [-0.4, -0.2) is 71.0 Å². The quantitative estimate of drug-likeness (QED) is 0.290. The first-order valence-electron chi connectivity index (χ1n) is 12.0. The van der Waals surface area contributed by atoms with Crippen LogP contribution in [0.15, 0.2) is 48.7 Å². The van der Waals surface area contributed by atoms with E-state index in [2.05, 4.69) is 56.0 Å². The maximum absolute atomic E-state index is 11.2. The van der Waals surface area contributed by atoms with Crippen molar-refractivity contribution in [1.82, 2.24) is 29.8 Å². The molecule has 0 radical (unpaired) electrons. The molecule has 3 heterocycles. The van der Waals surface area contributed by atoms with Crippen LogP contribution in [-0.2, 0) is 16.4 Å². The summed E-state index contributed by atoms with van der Waals surface area (Å²) in [6, 6.07) is 11.7. The molecule has 0 amide bonds. The molecule has 0 saturated carbocycles. The minimum Gasteiger partial charge on any atom is -0.508 e. The molecule has 36 heavy (non-hydrogen) atoms. The molecule has 0 aliphatic carbocycles. The van der Waals surface area contributed by atoms with Crippen LogP contribution in [0.25, 0.3) is 39.1 Å². The topological polar surface area (TPSA) is 127 Å². The maximum Gasteiger partial charge on any atom is 0.208 e. The summed E-state index contributed by atoms with van der Waals surface area (Å²) in [7, 11) is -3.16. The second-order valence-electron chi connectivity index (χ2n) is 9.11. The highest BCUT2D eigenvalue weighted by Crippen LogP contribution is 2.32. The maximum atomic E-state index is 11.2. The zero-order valence-corrected chi connectivity index (χ0v) is 21.2. The molecule has 2 aromatic carbocycles. The number of rotatable bonds is 8. The van der Waals surface area contributed by atoms with Gasteiger partial charge in [0.25, 0.3) is 0 Å². The number of aromatic nitrogens is 4. The van der Waals surface area contributed by atoms with Crippen molar-refractivity contribution in [2.75, 3.05) is 32.4 Å². The van der Waals surface area contributed by atoms with Crippen LogP contribution in [0, 0.1) is 0 Å². The van der Waals surface area contributed by atoms with Gasteiger partial charge < -0.3 is 10.1 Å². The van der Waals surface area contributed by atoms with Gasteiger partial charge in [0.05, 0.1) is 17.5 Å². The molecule has 1 aliphatic rings. The Morgan fingerprint density at radius 1 is 1.19 bits per heavy atom. The van der Waals surface area contributed by atoms with E-state index in [0.29, 0.717) is 18.9 Å². The van der Waals surface area contributed by atoms with Gasteiger partial charge in [0.15, 0.2) is 5.82 Å². The predicted molar refractivity (Wildman–Crippen MR) is 142 cm³/mol. The molecular formula is C26H30N6O3S. The van der Waals surface area contributed by atoms with Crippen LogP contribution in [0.2, 0.25) is 0 Å². The van der Waals surface area contributed by atoms with Crippen LogP contribution < -0.4 is 4.72 Å². The Hall–Kier alpha value is -3.47. The number of aromatic hydroxyl groups is 1. The summed E-state index contributed by atoms with van der Waals surface area (Å²) in [5.41, 5.74) is 7.03. The number of hydrogen-bond donors (Lipinski definition) is 4. The summed E-state index contributed by atoms with van der Waals surface area (Å²) in [6.07, 6.45) is 6.93. The lowest BCUT2D eigenvalue weighted by Crippen LogP contribution is -2.36. The molecule has 0 saturated heterocycles. The Bertz CT molecular complexity index is 1540. The van der Waals surface area contributed by atoms with Crippen molar-refractivity contribution in [3.05, 3.63) is 59.9 Å². The van der Waals surface area contributed by atoms with Crippen molar-refractivity contribution in [2.45, 2.75) is 19.8 Å². The highest BCUT2D eigenvalue weighted by molar-refractivity contribution is 7.88. The second kappa shape index (κ2) is 9.88. The smallest absolute Gasteiger partial charge is 0.208 e. The lowest BCUT2D eigenvalue weighted by atomic mass is 9.97. The molecule has 10 heteroatoms. The van der Waals surface area contributed by atoms with Crippen LogP contribution in [0.3, 0.4) is 0 Å². The van der Waals surface area contributed by atoms with Crippen LogP contribution in [0.4, 0.5) is 0 Å². The van der Waals surface area contributed by atoms with Gasteiger partial charge in [0, 0.05) is 37.8 Å². The van der Waals surface area contributed by atoms with E-state index in [1.807, 2.05) is 18.3 Å². The first-order chi connectivity index (χ1) is 17.3. The molecule has 0 spiro atoms. The molecule has 0 atom stereocenters. The summed E-state index contributed by atoms with van der Waals surface area (Å²) >= 11 is 0. The van der Waals surface area contributed by atoms with E-state index in [9.17, 15) is 13.5 Å². The number of imidazole rings is 1. The van der Waals surface area contributed by atoms with E-state index in [1.54, 1.807) is 6.07 Å². The van der Waals surface area contributed by atoms with Gasteiger partial charge in [-0.3, -0.25) is 10.00 Å². The first kappa shape index (κ1) is 24.2. The van der Waals surface area contributed by atoms with Crippen molar-refractivity contribution in [3.63, 3.8) is 0 Å². The number of sulfonamides is 1. The number of aryl methyl sites for hydroxylation is 1. The van der Waals surface area contributed by atoms with Gasteiger partial charge in [-0.15, -0.1) is 0 Å². The van der Waals surface area contributed by atoms with Gasteiger partial charge in [-0.25, -0.2) is 18.1 Å². The van der Waals surface area contributed by atoms with Crippen molar-refractivity contribution < 1.29 is 13.5 Å². The van der Waals surface area contributed by atoms with E-state index >= 15 is 0 Å². The molecule has 2 aromatic heterocycles. The Kier molecular flexibility index (Phi) is 6.65. The van der Waals surface area contributed by atoms with Crippen molar-refractivity contribution in [1.29, 1.82) is 0 Å². The molecule has 0 bridgehead atoms. The lowest BCUT2D eigenvalue weighted by Gasteiger charge is -2.25. The Labute approximate surface area is 210 Å². The Morgan fingerprint density at radius 2 is 2.06 bits per heavy atom. The van der Waals surface area contributed by atoms with Crippen LogP contribution >= 0.6 is 0 Å². The minimum atomic E-state index is -3.16. The molecule has 4 N–H and O–H groups in total. The molecule has 1 aliphatic heterocycles. The lowest BCUT2D eigenvalue weighted by molar-refractivity contribution is 0.306. The largest absolute Gasteiger partial charge is 0.508 e. The molecular weight excluding hydrogens is 476 g/mol. The minimum absolute atomic E-state index is 0.277. The number of benzene rings is 2. The number of aromatic amines is 2. The van der Waals surface area contributed by atoms with E-state index in [1.165, 1.54) is 11.8 Å². The summed E-state index contributed by atoms with van der Waals surface area (Å²) < 4.78 is 25.0. The first-order valence-corrected chi connectivity index (χ1v) is 13.9. The van der Waals surface area contributed by atoms with E-state index in [-0.39, 0.29) is 5.75 Å². The second-order valence-corrected chi connectivity index (χ2v) is 10.9. The normalized spacial score (nSPS) is 14.9. The number of nitrogens with zero attached hydrogens (tertiary/aromatic N) is 3. The number of H-pyrrole nitrogens is 2. The monoisotopic (exact) mass is 506 g/mol. The molecule has 5 rings (SSSR count). The Balaban J connectivity index is 1.32. The van der Waals surface area contributed by atoms with Gasteiger partial charge >= 0.3 is 0 Å². The molecule has 0 unspecified atom stereocenters. The third kappa shape index (κ3) is 5.20. The van der Waals surface area contributed by atoms with Gasteiger partial charge in [-0.2, -0.15) is 5.10 Å². The number of nitrogens with one attached hydrogen (secondary N) is 3. The molecule has 9 nitrogen and oxygen atoms in total. The SMILES string of the molecule is CCc1cc(O)ccc1-c1ccc2c(-c3nc(C4=CCN(CCNS(C)(=O)=O)CC4)c[nH]3)n[nH]c2c1. The fourth-order valence-corrected chi connectivity index (χ4v) is 5.13. The zero-order valence-electron chi connectivity index (χ0n) is 20.4. The summed E-state index contributed by atoms with van der Waals surface area (Å²) in [5.74, 6) is 0.988. The predicted octanol–water partition coefficient (Wildman–Crippen LogP) is 3.53. The fourth-order valence-electron chi connectivity index (χ4n) is 4.67. The van der Waals surface area contributed by atoms with Gasteiger partial charge in [0.1, 0.15) is 11.4 Å². The average molecular weight is 507 g/mol. The third-order valence-corrected chi connectivity index (χ3v) is 7.29. The number of hydrogen-bond acceptors (Lipinski definition) is 6. The highest BCUT2D eigenvalue weighted by atomic mass is 32.2. The van der Waals surface area contributed by atoms with Gasteiger partial charge in [-0.1, -0.05) is 25.1 Å². The van der Waals surface area contributed by atoms with Gasteiger partial charge in [0.2, 0.25) is 10.0 Å². The Morgan fingerprint density at radius 3 is 2.81 bits per heavy atom. The summed E-state index contributed by atoms with van der Waals surface area (Å²) in [4.78, 5) is 10.3. The zero-order chi connectivity index (χ0) is 25.3. The number of phenols is 1. The van der Waals surface area contributed by atoms with Crippen molar-refractivity contribution in [2.24, 2.45) is 0 Å². The molecule has 4 aromatic rings. The third-order valence-electron chi connectivity index (χ3n) is 6.56. The van der Waals surface area contributed by atoms with Crippen molar-refractivity contribution in [3.8, 4) is 28.4 Å². The van der Waals surface area contributed by atoms with Crippen LogP contribution in [0.5, 0.6) is 5.75 Å². The van der Waals surface area contributed by atoms with E-state index < -0.39 is 10.0 Å². The number of fused-ring (bicyclic) bond motifs is 1. The van der Waals surface area contributed by atoms with E-state index in [4.69, 9.17) is 4.98 Å². The summed E-state index contributed by atoms with van der Waals surface area (Å²) in [5, 5.41) is 18.5. The van der Waals surface area contributed by atoms with E-state index in [0.717, 1.165) is 64.9 Å². The highest BCUT2D eigenvalue weighted by Gasteiger charge is 2.18. The summed E-state index contributed by atoms with van der Waals surface area (Å²) in [6.45, 7) is 4.77. The average Bonchev–Trinajstić information content (AvgIpc) is 3.50.